The number of hydrogen-bond acceptors (Lipinski definition) is 5. The molecule has 1 aliphatic heterocycles. The van der Waals surface area contributed by atoms with Gasteiger partial charge in [0.15, 0.2) is 0 Å². The Morgan fingerprint density at radius 2 is 1.76 bits per heavy atom. The summed E-state index contributed by atoms with van der Waals surface area (Å²) in [5.74, 6) is -0.896. The maximum absolute atomic E-state index is 13.2. The second-order valence-corrected chi connectivity index (χ2v) is 7.87. The predicted octanol–water partition coefficient (Wildman–Crippen LogP) is 4.56. The van der Waals surface area contributed by atoms with Crippen LogP contribution in [0.4, 0.5) is 29.3 Å². The van der Waals surface area contributed by atoms with Crippen molar-refractivity contribution in [3.8, 4) is 5.75 Å². The second kappa shape index (κ2) is 8.27. The Balaban J connectivity index is 1.61. The van der Waals surface area contributed by atoms with E-state index in [9.17, 15) is 22.8 Å². The maximum atomic E-state index is 13.2. The molecule has 0 saturated carbocycles. The van der Waals surface area contributed by atoms with Gasteiger partial charge >= 0.3 is 12.4 Å². The molecule has 1 aromatic heterocycles. The topological polar surface area (TPSA) is 66.0 Å². The van der Waals surface area contributed by atoms with E-state index >= 15 is 0 Å². The highest BCUT2D eigenvalue weighted by Gasteiger charge is 2.43. The molecule has 0 bridgehead atoms. The van der Waals surface area contributed by atoms with Crippen LogP contribution in [0.5, 0.6) is 5.75 Å². The van der Waals surface area contributed by atoms with Gasteiger partial charge in [-0.3, -0.25) is 9.78 Å². The van der Waals surface area contributed by atoms with Crippen molar-refractivity contribution in [2.24, 2.45) is 0 Å². The van der Waals surface area contributed by atoms with Gasteiger partial charge in [0, 0.05) is 37.9 Å². The van der Waals surface area contributed by atoms with Gasteiger partial charge in [-0.15, -0.1) is 13.2 Å². The van der Waals surface area contributed by atoms with Crippen molar-refractivity contribution in [1.82, 2.24) is 9.88 Å². The van der Waals surface area contributed by atoms with Crippen molar-refractivity contribution in [3.63, 3.8) is 0 Å². The lowest BCUT2D eigenvalue weighted by Crippen LogP contribution is -2.33. The smallest absolute Gasteiger partial charge is 0.406 e. The van der Waals surface area contributed by atoms with E-state index in [-0.39, 0.29) is 12.2 Å². The first-order valence-corrected chi connectivity index (χ1v) is 10.1. The minimum atomic E-state index is -4.83. The third-order valence-electron chi connectivity index (χ3n) is 5.48. The quantitative estimate of drug-likeness (QED) is 0.525. The number of halogens is 3. The minimum Gasteiger partial charge on any atom is -0.406 e. The average Bonchev–Trinajstić information content (AvgIpc) is 2.96. The number of ether oxygens (including phenoxy) is 1. The molecule has 1 aliphatic rings. The number of benzene rings is 2. The molecule has 172 valence electrons. The van der Waals surface area contributed by atoms with E-state index in [4.69, 9.17) is 0 Å². The molecule has 1 fully saturated rings. The largest absolute Gasteiger partial charge is 0.573 e. The number of amides is 3. The van der Waals surface area contributed by atoms with Crippen molar-refractivity contribution < 1.29 is 27.5 Å². The number of imide groups is 1. The zero-order valence-corrected chi connectivity index (χ0v) is 18.1. The first-order chi connectivity index (χ1) is 15.5. The van der Waals surface area contributed by atoms with Gasteiger partial charge in [0.25, 0.3) is 5.91 Å². The Morgan fingerprint density at radius 1 is 1.06 bits per heavy atom. The fraction of sp³-hybridized carbons (Fsp3) is 0.261. The number of anilines is 2. The number of aromatic nitrogens is 1. The number of pyridine rings is 1. The lowest BCUT2D eigenvalue weighted by molar-refractivity contribution is -0.274. The van der Waals surface area contributed by atoms with Crippen molar-refractivity contribution in [2.45, 2.75) is 25.9 Å². The molecular formula is C23H21F3N4O3. The van der Waals surface area contributed by atoms with Gasteiger partial charge in [0.05, 0.1) is 11.2 Å². The third-order valence-corrected chi connectivity index (χ3v) is 5.48. The van der Waals surface area contributed by atoms with Crippen LogP contribution in [0.25, 0.3) is 10.9 Å². The van der Waals surface area contributed by atoms with Crippen LogP contribution in [0.1, 0.15) is 12.5 Å². The summed E-state index contributed by atoms with van der Waals surface area (Å²) in [5.41, 5.74) is 2.73. The first kappa shape index (κ1) is 22.4. The molecule has 33 heavy (non-hydrogen) atoms. The maximum Gasteiger partial charge on any atom is 0.573 e. The molecule has 4 rings (SSSR count). The lowest BCUT2D eigenvalue weighted by Gasteiger charge is -2.21. The molecular weight excluding hydrogens is 437 g/mol. The van der Waals surface area contributed by atoms with E-state index in [0.717, 1.165) is 39.2 Å². The number of urea groups is 1. The Bertz CT molecular complexity index is 1210. The molecule has 3 amide bonds. The van der Waals surface area contributed by atoms with E-state index in [0.29, 0.717) is 0 Å². The van der Waals surface area contributed by atoms with Crippen LogP contribution in [-0.4, -0.2) is 48.3 Å². The number of fused-ring (bicyclic) bond motifs is 1. The molecule has 2 heterocycles. The van der Waals surface area contributed by atoms with Crippen LogP contribution in [0.3, 0.4) is 0 Å². The summed E-state index contributed by atoms with van der Waals surface area (Å²) in [6.07, 6.45) is -3.18. The summed E-state index contributed by atoms with van der Waals surface area (Å²) in [6, 6.07) is 10.9. The first-order valence-electron chi connectivity index (χ1n) is 10.1. The van der Waals surface area contributed by atoms with Gasteiger partial charge in [-0.1, -0.05) is 0 Å². The normalized spacial score (nSPS) is 16.6. The fourth-order valence-electron chi connectivity index (χ4n) is 3.74. The standard InChI is InChI=1S/C23H21F3N4O3/c1-14-21(31)30(16-4-7-18(8-5-16)33-23(24,25)26)22(32)29(14)13-15-10-11-27-20-9-6-17(28(2)3)12-19(15)20/h4-12,14H,13H2,1-3H3. The van der Waals surface area contributed by atoms with E-state index < -0.39 is 30.1 Å². The molecule has 2 aromatic carbocycles. The number of alkyl halides is 3. The van der Waals surface area contributed by atoms with Crippen LogP contribution < -0.4 is 14.5 Å². The Hall–Kier alpha value is -3.82. The van der Waals surface area contributed by atoms with Crippen molar-refractivity contribution in [3.05, 3.63) is 60.3 Å². The molecule has 0 radical (unpaired) electrons. The van der Waals surface area contributed by atoms with E-state index in [1.165, 1.54) is 17.0 Å². The summed E-state index contributed by atoms with van der Waals surface area (Å²) in [4.78, 5) is 34.8. The Kier molecular flexibility index (Phi) is 5.61. The number of nitrogens with zero attached hydrogens (tertiary/aromatic N) is 4. The zero-order valence-electron chi connectivity index (χ0n) is 18.1. The second-order valence-electron chi connectivity index (χ2n) is 7.87. The molecule has 1 atom stereocenters. The molecule has 0 N–H and O–H groups in total. The van der Waals surface area contributed by atoms with Crippen molar-refractivity contribution in [2.75, 3.05) is 23.9 Å². The minimum absolute atomic E-state index is 0.170. The lowest BCUT2D eigenvalue weighted by atomic mass is 10.1. The Labute approximate surface area is 188 Å². The summed E-state index contributed by atoms with van der Waals surface area (Å²) in [6.45, 7) is 1.80. The molecule has 1 saturated heterocycles. The monoisotopic (exact) mass is 458 g/mol. The van der Waals surface area contributed by atoms with Gasteiger partial charge < -0.3 is 14.5 Å². The van der Waals surface area contributed by atoms with Gasteiger partial charge in [-0.25, -0.2) is 9.69 Å². The van der Waals surface area contributed by atoms with Gasteiger partial charge in [0.1, 0.15) is 11.8 Å². The predicted molar refractivity (Wildman–Crippen MR) is 117 cm³/mol. The summed E-state index contributed by atoms with van der Waals surface area (Å²) in [7, 11) is 3.84. The zero-order chi connectivity index (χ0) is 23.9. The third kappa shape index (κ3) is 4.41. The SMILES string of the molecule is CC1C(=O)N(c2ccc(OC(F)(F)F)cc2)C(=O)N1Cc1ccnc2ccc(N(C)C)cc12. The Morgan fingerprint density at radius 3 is 2.39 bits per heavy atom. The highest BCUT2D eigenvalue weighted by molar-refractivity contribution is 6.21. The molecule has 1 unspecified atom stereocenters. The van der Waals surface area contributed by atoms with Gasteiger partial charge in [0.2, 0.25) is 0 Å². The molecule has 0 spiro atoms. The number of carbonyl (C=O) groups is 2. The van der Waals surface area contributed by atoms with Crippen LogP contribution in [0.15, 0.2) is 54.7 Å². The van der Waals surface area contributed by atoms with E-state index in [1.54, 1.807) is 19.2 Å². The van der Waals surface area contributed by atoms with Gasteiger partial charge in [-0.2, -0.15) is 0 Å². The van der Waals surface area contributed by atoms with E-state index in [2.05, 4.69) is 9.72 Å². The molecule has 0 aliphatic carbocycles. The molecule has 7 nitrogen and oxygen atoms in total. The fourth-order valence-corrected chi connectivity index (χ4v) is 3.74. The molecule has 10 heteroatoms. The van der Waals surface area contributed by atoms with Crippen LogP contribution >= 0.6 is 0 Å². The van der Waals surface area contributed by atoms with E-state index in [1.807, 2.05) is 37.2 Å². The van der Waals surface area contributed by atoms with Gasteiger partial charge in [-0.05, 0) is 61.0 Å². The van der Waals surface area contributed by atoms with Crippen LogP contribution in [-0.2, 0) is 11.3 Å². The molecule has 3 aromatic rings. The average molecular weight is 458 g/mol. The van der Waals surface area contributed by atoms with Crippen LogP contribution in [0.2, 0.25) is 0 Å². The summed E-state index contributed by atoms with van der Waals surface area (Å²) >= 11 is 0. The highest BCUT2D eigenvalue weighted by atomic mass is 19.4. The number of rotatable bonds is 5. The highest BCUT2D eigenvalue weighted by Crippen LogP contribution is 2.31. The van der Waals surface area contributed by atoms with Crippen LogP contribution in [0, 0.1) is 0 Å². The van der Waals surface area contributed by atoms with Crippen molar-refractivity contribution in [1.29, 1.82) is 0 Å². The summed E-state index contributed by atoms with van der Waals surface area (Å²) < 4.78 is 41.1. The number of carbonyl (C=O) groups excluding carboxylic acids is 2. The number of hydrogen-bond donors (Lipinski definition) is 0. The van der Waals surface area contributed by atoms with Crippen molar-refractivity contribution >= 4 is 34.2 Å². The summed E-state index contributed by atoms with van der Waals surface area (Å²) in [5, 5.41) is 0.864.